The molecule has 0 aromatic heterocycles. The predicted molar refractivity (Wildman–Crippen MR) is 85.1 cm³/mol. The Morgan fingerprint density at radius 3 is 2.71 bits per heavy atom. The first kappa shape index (κ1) is 16.0. The van der Waals surface area contributed by atoms with Crippen LogP contribution >= 0.6 is 0 Å². The SMILES string of the molecule is CCC1CCC(O)(CNC(=O)Cc2cccc(C)c2)CC1. The lowest BCUT2D eigenvalue weighted by atomic mass is 9.78. The zero-order valence-corrected chi connectivity index (χ0v) is 13.2. The zero-order chi connectivity index (χ0) is 15.3. The Kier molecular flexibility index (Phi) is 5.40. The first-order chi connectivity index (χ1) is 10.0. The quantitative estimate of drug-likeness (QED) is 0.875. The summed E-state index contributed by atoms with van der Waals surface area (Å²) in [4.78, 5) is 12.0. The molecule has 0 aliphatic heterocycles. The van der Waals surface area contributed by atoms with E-state index in [1.807, 2.05) is 31.2 Å². The molecule has 2 rings (SSSR count). The van der Waals surface area contributed by atoms with Crippen molar-refractivity contribution in [3.63, 3.8) is 0 Å². The third-order valence-electron chi connectivity index (χ3n) is 4.68. The van der Waals surface area contributed by atoms with Crippen LogP contribution in [0.3, 0.4) is 0 Å². The fraction of sp³-hybridized carbons (Fsp3) is 0.611. The van der Waals surface area contributed by atoms with Crippen molar-refractivity contribution in [2.45, 2.75) is 58.0 Å². The lowest BCUT2D eigenvalue weighted by Gasteiger charge is -2.35. The van der Waals surface area contributed by atoms with Crippen LogP contribution in [0.25, 0.3) is 0 Å². The van der Waals surface area contributed by atoms with E-state index in [1.54, 1.807) is 0 Å². The first-order valence-electron chi connectivity index (χ1n) is 8.05. The lowest BCUT2D eigenvalue weighted by molar-refractivity contribution is -0.122. The summed E-state index contributed by atoms with van der Waals surface area (Å²) in [5.41, 5.74) is 1.49. The van der Waals surface area contributed by atoms with Crippen LogP contribution in [0.5, 0.6) is 0 Å². The minimum atomic E-state index is -0.700. The maximum Gasteiger partial charge on any atom is 0.224 e. The van der Waals surface area contributed by atoms with E-state index in [0.29, 0.717) is 13.0 Å². The van der Waals surface area contributed by atoms with Gasteiger partial charge in [-0.2, -0.15) is 0 Å². The summed E-state index contributed by atoms with van der Waals surface area (Å²) >= 11 is 0. The number of carbonyl (C=O) groups is 1. The van der Waals surface area contributed by atoms with Gasteiger partial charge in [0.1, 0.15) is 0 Å². The number of hydrogen-bond acceptors (Lipinski definition) is 2. The molecular weight excluding hydrogens is 262 g/mol. The minimum absolute atomic E-state index is 0.00774. The van der Waals surface area contributed by atoms with Crippen molar-refractivity contribution in [3.05, 3.63) is 35.4 Å². The molecule has 21 heavy (non-hydrogen) atoms. The highest BCUT2D eigenvalue weighted by Crippen LogP contribution is 2.33. The van der Waals surface area contributed by atoms with E-state index >= 15 is 0 Å². The third kappa shape index (κ3) is 4.85. The molecule has 0 heterocycles. The smallest absolute Gasteiger partial charge is 0.224 e. The van der Waals surface area contributed by atoms with Crippen molar-refractivity contribution in [3.8, 4) is 0 Å². The van der Waals surface area contributed by atoms with Crippen molar-refractivity contribution in [1.29, 1.82) is 0 Å². The molecule has 3 nitrogen and oxygen atoms in total. The Balaban J connectivity index is 1.78. The molecule has 0 saturated heterocycles. The maximum atomic E-state index is 12.0. The summed E-state index contributed by atoms with van der Waals surface area (Å²) in [5.74, 6) is 0.736. The van der Waals surface area contributed by atoms with Gasteiger partial charge < -0.3 is 10.4 Å². The Morgan fingerprint density at radius 1 is 1.38 bits per heavy atom. The molecule has 0 atom stereocenters. The number of hydrogen-bond donors (Lipinski definition) is 2. The Labute approximate surface area is 127 Å². The predicted octanol–water partition coefficient (Wildman–Crippen LogP) is 2.99. The molecule has 1 aliphatic carbocycles. The zero-order valence-electron chi connectivity index (χ0n) is 13.2. The highest BCUT2D eigenvalue weighted by Gasteiger charge is 2.32. The van der Waals surface area contributed by atoms with E-state index in [4.69, 9.17) is 0 Å². The van der Waals surface area contributed by atoms with E-state index in [-0.39, 0.29) is 5.91 Å². The second-order valence-corrected chi connectivity index (χ2v) is 6.52. The fourth-order valence-electron chi connectivity index (χ4n) is 3.13. The Morgan fingerprint density at radius 2 is 2.10 bits per heavy atom. The van der Waals surface area contributed by atoms with E-state index < -0.39 is 5.60 Å². The van der Waals surface area contributed by atoms with Crippen LogP contribution in [0.1, 0.15) is 50.2 Å². The van der Waals surface area contributed by atoms with Gasteiger partial charge in [-0.25, -0.2) is 0 Å². The maximum absolute atomic E-state index is 12.0. The van der Waals surface area contributed by atoms with Gasteiger partial charge in [0.15, 0.2) is 0 Å². The fourth-order valence-corrected chi connectivity index (χ4v) is 3.13. The summed E-state index contributed by atoms with van der Waals surface area (Å²) in [6, 6.07) is 7.99. The highest BCUT2D eigenvalue weighted by molar-refractivity contribution is 5.78. The van der Waals surface area contributed by atoms with Gasteiger partial charge in [0.25, 0.3) is 0 Å². The molecular formula is C18H27NO2. The lowest BCUT2D eigenvalue weighted by Crippen LogP contribution is -2.45. The molecule has 3 heteroatoms. The summed E-state index contributed by atoms with van der Waals surface area (Å²) < 4.78 is 0. The van der Waals surface area contributed by atoms with E-state index in [1.165, 1.54) is 6.42 Å². The molecule has 1 aromatic rings. The molecule has 1 amide bonds. The molecule has 1 saturated carbocycles. The molecule has 0 bridgehead atoms. The Hall–Kier alpha value is -1.35. The Bertz CT molecular complexity index is 476. The van der Waals surface area contributed by atoms with E-state index in [0.717, 1.165) is 42.7 Å². The molecule has 2 N–H and O–H groups in total. The topological polar surface area (TPSA) is 49.3 Å². The van der Waals surface area contributed by atoms with Crippen molar-refractivity contribution in [1.82, 2.24) is 5.32 Å². The standard InChI is InChI=1S/C18H27NO2/c1-3-15-7-9-18(21,10-8-15)13-19-17(20)12-16-6-4-5-14(2)11-16/h4-6,11,15,21H,3,7-10,12-13H2,1-2H3,(H,19,20). The third-order valence-corrected chi connectivity index (χ3v) is 4.68. The number of nitrogens with one attached hydrogen (secondary N) is 1. The van der Waals surface area contributed by atoms with Crippen molar-refractivity contribution in [2.75, 3.05) is 6.54 Å². The van der Waals surface area contributed by atoms with Gasteiger partial charge in [-0.15, -0.1) is 0 Å². The number of amides is 1. The number of carbonyl (C=O) groups excluding carboxylic acids is 1. The van der Waals surface area contributed by atoms with Gasteiger partial charge in [0.2, 0.25) is 5.91 Å². The monoisotopic (exact) mass is 289 g/mol. The summed E-state index contributed by atoms with van der Waals surface area (Å²) in [6.45, 7) is 4.61. The van der Waals surface area contributed by atoms with Crippen LogP contribution < -0.4 is 5.32 Å². The molecule has 0 unspecified atom stereocenters. The highest BCUT2D eigenvalue weighted by atomic mass is 16.3. The average molecular weight is 289 g/mol. The summed E-state index contributed by atoms with van der Waals surface area (Å²) in [6.07, 6.45) is 5.32. The molecule has 1 aromatic carbocycles. The number of benzene rings is 1. The largest absolute Gasteiger partial charge is 0.388 e. The van der Waals surface area contributed by atoms with Gasteiger partial charge in [-0.05, 0) is 44.1 Å². The van der Waals surface area contributed by atoms with Crippen LogP contribution in [0.15, 0.2) is 24.3 Å². The summed E-state index contributed by atoms with van der Waals surface area (Å²) in [7, 11) is 0. The minimum Gasteiger partial charge on any atom is -0.388 e. The normalized spacial score (nSPS) is 25.6. The van der Waals surface area contributed by atoms with E-state index in [9.17, 15) is 9.90 Å². The molecule has 0 radical (unpaired) electrons. The molecule has 1 fully saturated rings. The van der Waals surface area contributed by atoms with Crippen LogP contribution in [-0.2, 0) is 11.2 Å². The van der Waals surface area contributed by atoms with Crippen molar-refractivity contribution < 1.29 is 9.90 Å². The molecule has 1 aliphatic rings. The van der Waals surface area contributed by atoms with E-state index in [2.05, 4.69) is 12.2 Å². The average Bonchev–Trinajstić information content (AvgIpc) is 2.46. The van der Waals surface area contributed by atoms with Crippen LogP contribution in [0.2, 0.25) is 0 Å². The van der Waals surface area contributed by atoms with Crippen LogP contribution in [-0.4, -0.2) is 23.2 Å². The van der Waals surface area contributed by atoms with Gasteiger partial charge in [0.05, 0.1) is 12.0 Å². The van der Waals surface area contributed by atoms with Crippen molar-refractivity contribution in [2.24, 2.45) is 5.92 Å². The molecule has 116 valence electrons. The summed E-state index contributed by atoms with van der Waals surface area (Å²) in [5, 5.41) is 13.4. The van der Waals surface area contributed by atoms with Crippen LogP contribution in [0, 0.1) is 12.8 Å². The van der Waals surface area contributed by atoms with Crippen LogP contribution in [0.4, 0.5) is 0 Å². The van der Waals surface area contributed by atoms with Crippen molar-refractivity contribution >= 4 is 5.91 Å². The van der Waals surface area contributed by atoms with Gasteiger partial charge in [-0.1, -0.05) is 43.2 Å². The second-order valence-electron chi connectivity index (χ2n) is 6.52. The van der Waals surface area contributed by atoms with Gasteiger partial charge >= 0.3 is 0 Å². The molecule has 0 spiro atoms. The first-order valence-corrected chi connectivity index (χ1v) is 8.05. The number of aryl methyl sites for hydroxylation is 1. The van der Waals surface area contributed by atoms with Gasteiger partial charge in [-0.3, -0.25) is 4.79 Å². The van der Waals surface area contributed by atoms with Gasteiger partial charge in [0, 0.05) is 6.54 Å². The second kappa shape index (κ2) is 7.08. The number of aliphatic hydroxyl groups is 1. The number of rotatable bonds is 5.